The summed E-state index contributed by atoms with van der Waals surface area (Å²) in [4.78, 5) is 6.31. The lowest BCUT2D eigenvalue weighted by molar-refractivity contribution is 0.575. The number of aromatic nitrogens is 2. The van der Waals surface area contributed by atoms with Crippen molar-refractivity contribution >= 4 is 12.2 Å². The minimum Gasteiger partial charge on any atom is -0.332 e. The Hall–Kier alpha value is -0.770. The minimum atomic E-state index is -0.325. The Morgan fingerprint density at radius 3 is 2.73 bits per heavy atom. The number of H-pyrrole nitrogens is 1. The summed E-state index contributed by atoms with van der Waals surface area (Å²) < 4.78 is 13.2. The number of nitrogens with one attached hydrogen (secondary N) is 1. The normalized spacial score (nSPS) is 10.5. The molecule has 0 atom stereocenters. The Morgan fingerprint density at radius 2 is 2.27 bits per heavy atom. The summed E-state index contributed by atoms with van der Waals surface area (Å²) in [7, 11) is 0. The summed E-state index contributed by atoms with van der Waals surface area (Å²) in [6.45, 7) is 3.79. The highest BCUT2D eigenvalue weighted by Gasteiger charge is 2.05. The molecule has 1 aromatic heterocycles. The molecular weight excluding hydrogens is 163 g/mol. The number of nitrogens with zero attached hydrogens (tertiary/aromatic N) is 1. The highest BCUT2D eigenvalue weighted by Crippen LogP contribution is 2.13. The topological polar surface area (TPSA) is 28.7 Å². The van der Waals surface area contributed by atoms with Gasteiger partial charge < -0.3 is 4.98 Å². The first-order valence-corrected chi connectivity index (χ1v) is 3.77. The van der Waals surface area contributed by atoms with Crippen molar-refractivity contribution in [3.63, 3.8) is 0 Å². The van der Waals surface area contributed by atoms with Gasteiger partial charge in [0.15, 0.2) is 10.6 Å². The van der Waals surface area contributed by atoms with Crippen LogP contribution in [0.15, 0.2) is 6.20 Å². The van der Waals surface area contributed by atoms with Gasteiger partial charge in [-0.05, 0) is 18.1 Å². The van der Waals surface area contributed by atoms with Crippen LogP contribution in [0.25, 0.3) is 0 Å². The van der Waals surface area contributed by atoms with Gasteiger partial charge in [-0.1, -0.05) is 13.8 Å². The van der Waals surface area contributed by atoms with Crippen molar-refractivity contribution in [3.8, 4) is 0 Å². The van der Waals surface area contributed by atoms with E-state index in [9.17, 15) is 4.39 Å². The molecule has 0 aliphatic heterocycles. The van der Waals surface area contributed by atoms with Crippen molar-refractivity contribution in [2.75, 3.05) is 0 Å². The molecule has 0 aliphatic carbocycles. The van der Waals surface area contributed by atoms with Gasteiger partial charge in [0.2, 0.25) is 0 Å². The van der Waals surface area contributed by atoms with Gasteiger partial charge in [-0.3, -0.25) is 0 Å². The van der Waals surface area contributed by atoms with Crippen LogP contribution in [0.4, 0.5) is 4.39 Å². The average molecular weight is 172 g/mol. The Morgan fingerprint density at radius 1 is 1.64 bits per heavy atom. The molecule has 1 heterocycles. The summed E-state index contributed by atoms with van der Waals surface area (Å²) in [5.41, 5.74) is 0.519. The van der Waals surface area contributed by atoms with E-state index < -0.39 is 0 Å². The fourth-order valence-electron chi connectivity index (χ4n) is 0.812. The predicted molar refractivity (Wildman–Crippen MR) is 43.5 cm³/mol. The van der Waals surface area contributed by atoms with E-state index in [2.05, 4.69) is 9.97 Å². The standard InChI is InChI=1S/C7H9FN2S/c1-4(2)6-5(8)3-9-7(11)10-6/h3-4H,1-2H3,(H,9,10,11). The molecule has 0 unspecified atom stereocenters. The van der Waals surface area contributed by atoms with E-state index in [0.29, 0.717) is 10.5 Å². The van der Waals surface area contributed by atoms with Crippen LogP contribution in [0.3, 0.4) is 0 Å². The molecule has 0 spiro atoms. The quantitative estimate of drug-likeness (QED) is 0.659. The zero-order valence-electron chi connectivity index (χ0n) is 6.39. The third-order valence-corrected chi connectivity index (χ3v) is 1.58. The third-order valence-electron chi connectivity index (χ3n) is 1.37. The summed E-state index contributed by atoms with van der Waals surface area (Å²) in [5, 5.41) is 0. The lowest BCUT2D eigenvalue weighted by Gasteiger charge is -2.04. The molecule has 0 fully saturated rings. The minimum absolute atomic E-state index is 0.111. The van der Waals surface area contributed by atoms with Gasteiger partial charge in [0.25, 0.3) is 0 Å². The lowest BCUT2D eigenvalue weighted by Crippen LogP contribution is -1.98. The van der Waals surface area contributed by atoms with Crippen LogP contribution < -0.4 is 0 Å². The second kappa shape index (κ2) is 3.09. The molecule has 0 bridgehead atoms. The molecule has 1 aromatic rings. The molecular formula is C7H9FN2S. The molecule has 1 rings (SSSR count). The summed E-state index contributed by atoms with van der Waals surface area (Å²) in [6.07, 6.45) is 1.15. The van der Waals surface area contributed by atoms with Crippen LogP contribution in [0.5, 0.6) is 0 Å². The Balaban J connectivity index is 3.23. The monoisotopic (exact) mass is 172 g/mol. The average Bonchev–Trinajstić information content (AvgIpc) is 1.94. The fourth-order valence-corrected chi connectivity index (χ4v) is 0.975. The van der Waals surface area contributed by atoms with Crippen molar-refractivity contribution in [1.29, 1.82) is 0 Å². The first kappa shape index (κ1) is 8.33. The van der Waals surface area contributed by atoms with Gasteiger partial charge in [-0.25, -0.2) is 9.37 Å². The molecule has 0 aliphatic rings. The maximum atomic E-state index is 12.9. The van der Waals surface area contributed by atoms with Crippen LogP contribution >= 0.6 is 12.2 Å². The van der Waals surface area contributed by atoms with Gasteiger partial charge in [-0.15, -0.1) is 0 Å². The van der Waals surface area contributed by atoms with E-state index in [1.54, 1.807) is 0 Å². The third kappa shape index (κ3) is 1.83. The van der Waals surface area contributed by atoms with Crippen LogP contribution in [-0.4, -0.2) is 9.97 Å². The number of rotatable bonds is 1. The Labute approximate surface area is 69.5 Å². The fraction of sp³-hybridized carbons (Fsp3) is 0.429. The SMILES string of the molecule is CC(C)c1[nH]c(=S)ncc1F. The van der Waals surface area contributed by atoms with E-state index in [1.807, 2.05) is 13.8 Å². The van der Waals surface area contributed by atoms with Crippen molar-refractivity contribution in [2.24, 2.45) is 0 Å². The number of halogens is 1. The highest BCUT2D eigenvalue weighted by molar-refractivity contribution is 7.71. The van der Waals surface area contributed by atoms with Crippen molar-refractivity contribution in [1.82, 2.24) is 9.97 Å². The Kier molecular flexibility index (Phi) is 2.34. The first-order chi connectivity index (χ1) is 5.11. The molecule has 0 radical (unpaired) electrons. The Bertz CT molecular complexity index is 306. The molecule has 1 N–H and O–H groups in total. The zero-order chi connectivity index (χ0) is 8.43. The van der Waals surface area contributed by atoms with Gasteiger partial charge in [0.05, 0.1) is 11.9 Å². The van der Waals surface area contributed by atoms with Crippen LogP contribution in [0, 0.1) is 10.6 Å². The smallest absolute Gasteiger partial charge is 0.197 e. The van der Waals surface area contributed by atoms with E-state index in [-0.39, 0.29) is 11.7 Å². The van der Waals surface area contributed by atoms with Crippen LogP contribution in [0.2, 0.25) is 0 Å². The molecule has 60 valence electrons. The van der Waals surface area contributed by atoms with Gasteiger partial charge >= 0.3 is 0 Å². The highest BCUT2D eigenvalue weighted by atomic mass is 32.1. The number of aromatic amines is 1. The van der Waals surface area contributed by atoms with Crippen molar-refractivity contribution in [2.45, 2.75) is 19.8 Å². The summed E-state index contributed by atoms with van der Waals surface area (Å²) >= 11 is 4.75. The van der Waals surface area contributed by atoms with E-state index in [0.717, 1.165) is 6.20 Å². The predicted octanol–water partition coefficient (Wildman–Crippen LogP) is 2.40. The molecule has 2 nitrogen and oxygen atoms in total. The van der Waals surface area contributed by atoms with Gasteiger partial charge in [0, 0.05) is 0 Å². The zero-order valence-corrected chi connectivity index (χ0v) is 7.20. The van der Waals surface area contributed by atoms with Crippen molar-refractivity contribution in [3.05, 3.63) is 22.5 Å². The maximum absolute atomic E-state index is 12.9. The summed E-state index contributed by atoms with van der Waals surface area (Å²) in [6, 6.07) is 0. The number of hydrogen-bond donors (Lipinski definition) is 1. The molecule has 4 heteroatoms. The van der Waals surface area contributed by atoms with Crippen molar-refractivity contribution < 1.29 is 4.39 Å². The number of hydrogen-bond acceptors (Lipinski definition) is 2. The van der Waals surface area contributed by atoms with Gasteiger partial charge in [0.1, 0.15) is 0 Å². The second-order valence-electron chi connectivity index (χ2n) is 2.60. The molecule has 0 aromatic carbocycles. The maximum Gasteiger partial charge on any atom is 0.197 e. The lowest BCUT2D eigenvalue weighted by atomic mass is 10.1. The van der Waals surface area contributed by atoms with E-state index in [4.69, 9.17) is 12.2 Å². The molecule has 11 heavy (non-hydrogen) atoms. The van der Waals surface area contributed by atoms with Crippen LogP contribution in [0.1, 0.15) is 25.5 Å². The van der Waals surface area contributed by atoms with Gasteiger partial charge in [-0.2, -0.15) is 0 Å². The van der Waals surface area contributed by atoms with E-state index >= 15 is 0 Å². The first-order valence-electron chi connectivity index (χ1n) is 3.36. The summed E-state index contributed by atoms with van der Waals surface area (Å²) in [5.74, 6) is -0.215. The largest absolute Gasteiger partial charge is 0.332 e. The second-order valence-corrected chi connectivity index (χ2v) is 2.99. The van der Waals surface area contributed by atoms with E-state index in [1.165, 1.54) is 0 Å². The molecule has 0 amide bonds. The molecule has 0 saturated carbocycles. The van der Waals surface area contributed by atoms with Crippen LogP contribution in [-0.2, 0) is 0 Å². The molecule has 0 saturated heterocycles.